The van der Waals surface area contributed by atoms with Crippen LogP contribution in [0.25, 0.3) is 22.5 Å². The highest BCUT2D eigenvalue weighted by Crippen LogP contribution is 2.30. The van der Waals surface area contributed by atoms with Crippen molar-refractivity contribution < 1.29 is 19.1 Å². The zero-order valence-electron chi connectivity index (χ0n) is 24.3. The molecule has 0 bridgehead atoms. The van der Waals surface area contributed by atoms with E-state index in [9.17, 15) is 9.59 Å². The zero-order chi connectivity index (χ0) is 30.1. The van der Waals surface area contributed by atoms with Gasteiger partial charge in [-0.1, -0.05) is 73.5 Å². The van der Waals surface area contributed by atoms with Crippen LogP contribution in [0.15, 0.2) is 48.5 Å². The van der Waals surface area contributed by atoms with Gasteiger partial charge in [-0.15, -0.1) is 10.2 Å². The van der Waals surface area contributed by atoms with Gasteiger partial charge in [0.15, 0.2) is 5.15 Å². The predicted molar refractivity (Wildman–Crippen MR) is 159 cm³/mol. The number of carbonyl (C=O) groups excluding carboxylic acids is 2. The summed E-state index contributed by atoms with van der Waals surface area (Å²) in [7, 11) is 3.44. The summed E-state index contributed by atoms with van der Waals surface area (Å²) in [4.78, 5) is 31.3. The van der Waals surface area contributed by atoms with Crippen molar-refractivity contribution in [2.75, 3.05) is 20.7 Å². The van der Waals surface area contributed by atoms with Crippen LogP contribution < -0.4 is 0 Å². The molecule has 0 aliphatic heterocycles. The Labute approximate surface area is 250 Å². The number of aryl methyl sites for hydroxylation is 1. The SMILES string of the molecule is CCCCc1nc(Cl)c(COC(=O)[C@H](CC(=O)OCC)N(C)C)n1Cc1ccc(-c2ccccc2-c2nn[nH]n2)cc1. The van der Waals surface area contributed by atoms with E-state index in [1.54, 1.807) is 25.9 Å². The normalized spacial score (nSPS) is 12.0. The lowest BCUT2D eigenvalue weighted by Gasteiger charge is -2.22. The number of aromatic nitrogens is 6. The molecule has 0 aliphatic carbocycles. The Bertz CT molecular complexity index is 1470. The molecule has 1 N–H and O–H groups in total. The largest absolute Gasteiger partial charge is 0.466 e. The molecular weight excluding hydrogens is 558 g/mol. The standard InChI is InChI=1S/C30H36ClN7O4/c1-5-7-12-26-32-28(31)25(19-42-30(40)24(37(3)4)17-27(39)41-6-2)38(26)18-20-13-15-21(16-14-20)22-10-8-9-11-23(22)29-33-35-36-34-29/h8-11,13-16,24H,5-7,12,17-19H2,1-4H3,(H,33,34,35,36)/t24-/m0/s1. The summed E-state index contributed by atoms with van der Waals surface area (Å²) in [5.41, 5.74) is 4.52. The van der Waals surface area contributed by atoms with Gasteiger partial charge >= 0.3 is 11.9 Å². The third-order valence-electron chi connectivity index (χ3n) is 6.89. The molecule has 4 aromatic rings. The molecule has 0 amide bonds. The molecule has 4 rings (SSSR count). The van der Waals surface area contributed by atoms with Gasteiger partial charge in [0.2, 0.25) is 5.82 Å². The number of hydrogen-bond donors (Lipinski definition) is 1. The number of H-pyrrole nitrogens is 1. The number of likely N-dealkylation sites (N-methyl/N-ethyl adjacent to an activating group) is 1. The molecule has 0 fully saturated rings. The number of nitrogens with one attached hydrogen (secondary N) is 1. The summed E-state index contributed by atoms with van der Waals surface area (Å²) in [5.74, 6) is 0.370. The lowest BCUT2D eigenvalue weighted by molar-refractivity contribution is -0.156. The second-order valence-corrected chi connectivity index (χ2v) is 10.4. The number of carbonyl (C=O) groups is 2. The van der Waals surface area contributed by atoms with Crippen LogP contribution in [0.2, 0.25) is 5.15 Å². The fourth-order valence-corrected chi connectivity index (χ4v) is 4.88. The van der Waals surface area contributed by atoms with E-state index in [0.29, 0.717) is 23.2 Å². The van der Waals surface area contributed by atoms with E-state index >= 15 is 0 Å². The summed E-state index contributed by atoms with van der Waals surface area (Å²) < 4.78 is 12.7. The van der Waals surface area contributed by atoms with Crippen molar-refractivity contribution in [2.24, 2.45) is 0 Å². The van der Waals surface area contributed by atoms with E-state index < -0.39 is 18.0 Å². The molecule has 0 radical (unpaired) electrons. The van der Waals surface area contributed by atoms with Gasteiger partial charge in [-0.2, -0.15) is 5.21 Å². The minimum absolute atomic E-state index is 0.0693. The van der Waals surface area contributed by atoms with Crippen LogP contribution in [0.3, 0.4) is 0 Å². The molecule has 0 aliphatic rings. The van der Waals surface area contributed by atoms with Crippen LogP contribution >= 0.6 is 11.6 Å². The highest BCUT2D eigenvalue weighted by Gasteiger charge is 2.27. The number of esters is 2. The van der Waals surface area contributed by atoms with E-state index in [1.807, 2.05) is 28.8 Å². The van der Waals surface area contributed by atoms with Crippen LogP contribution in [-0.4, -0.2) is 73.8 Å². The lowest BCUT2D eigenvalue weighted by Crippen LogP contribution is -2.39. The van der Waals surface area contributed by atoms with Gasteiger partial charge < -0.3 is 14.0 Å². The summed E-state index contributed by atoms with van der Waals surface area (Å²) in [5, 5.41) is 14.8. The molecule has 12 heteroatoms. The first-order valence-corrected chi connectivity index (χ1v) is 14.3. The van der Waals surface area contributed by atoms with Gasteiger partial charge in [-0.25, -0.2) is 4.98 Å². The number of hydrogen-bond acceptors (Lipinski definition) is 9. The fraction of sp³-hybridized carbons (Fsp3) is 0.400. The van der Waals surface area contributed by atoms with E-state index in [-0.39, 0.29) is 19.6 Å². The van der Waals surface area contributed by atoms with Crippen LogP contribution in [0, 0.1) is 0 Å². The Balaban J connectivity index is 1.55. The zero-order valence-corrected chi connectivity index (χ0v) is 25.1. The van der Waals surface area contributed by atoms with E-state index in [1.165, 1.54) is 0 Å². The summed E-state index contributed by atoms with van der Waals surface area (Å²) in [6.07, 6.45) is 2.59. The van der Waals surface area contributed by atoms with Crippen molar-refractivity contribution in [1.29, 1.82) is 0 Å². The number of rotatable bonds is 14. The number of tetrazole rings is 1. The number of halogens is 1. The quantitative estimate of drug-likeness (QED) is 0.207. The van der Waals surface area contributed by atoms with Gasteiger partial charge in [0.05, 0.1) is 18.7 Å². The first kappa shape index (κ1) is 30.9. The predicted octanol–water partition coefficient (Wildman–Crippen LogP) is 4.70. The average Bonchev–Trinajstić information content (AvgIpc) is 3.62. The highest BCUT2D eigenvalue weighted by atomic mass is 35.5. The number of nitrogens with zero attached hydrogens (tertiary/aromatic N) is 6. The topological polar surface area (TPSA) is 128 Å². The van der Waals surface area contributed by atoms with Crippen molar-refractivity contribution in [2.45, 2.75) is 58.7 Å². The summed E-state index contributed by atoms with van der Waals surface area (Å²) in [6, 6.07) is 15.3. The Kier molecular flexibility index (Phi) is 10.8. The highest BCUT2D eigenvalue weighted by molar-refractivity contribution is 6.30. The molecule has 42 heavy (non-hydrogen) atoms. The Hall–Kier alpha value is -4.09. The molecule has 2 heterocycles. The number of aromatic amines is 1. The van der Waals surface area contributed by atoms with Crippen LogP contribution in [-0.2, 0) is 38.6 Å². The van der Waals surface area contributed by atoms with E-state index in [2.05, 4.69) is 56.8 Å². The van der Waals surface area contributed by atoms with Gasteiger partial charge in [-0.05, 0) is 49.3 Å². The van der Waals surface area contributed by atoms with Gasteiger partial charge in [0.1, 0.15) is 18.5 Å². The Morgan fingerprint density at radius 3 is 2.43 bits per heavy atom. The second-order valence-electron chi connectivity index (χ2n) is 10.0. The Morgan fingerprint density at radius 1 is 1.05 bits per heavy atom. The smallest absolute Gasteiger partial charge is 0.324 e. The van der Waals surface area contributed by atoms with Crippen molar-refractivity contribution >= 4 is 23.5 Å². The van der Waals surface area contributed by atoms with Gasteiger partial charge in [-0.3, -0.25) is 14.5 Å². The second kappa shape index (κ2) is 14.7. The maximum Gasteiger partial charge on any atom is 0.324 e. The number of imidazole rings is 1. The van der Waals surface area contributed by atoms with Crippen LogP contribution in [0.5, 0.6) is 0 Å². The molecule has 1 atom stereocenters. The van der Waals surface area contributed by atoms with Crippen molar-refractivity contribution in [3.05, 3.63) is 70.8 Å². The first-order chi connectivity index (χ1) is 20.3. The van der Waals surface area contributed by atoms with Crippen molar-refractivity contribution in [1.82, 2.24) is 35.1 Å². The molecule has 0 saturated heterocycles. The molecule has 222 valence electrons. The monoisotopic (exact) mass is 593 g/mol. The minimum atomic E-state index is -0.776. The molecule has 2 aromatic carbocycles. The van der Waals surface area contributed by atoms with E-state index in [4.69, 9.17) is 21.1 Å². The van der Waals surface area contributed by atoms with Gasteiger partial charge in [0.25, 0.3) is 0 Å². The molecule has 2 aromatic heterocycles. The van der Waals surface area contributed by atoms with Gasteiger partial charge in [0, 0.05) is 18.5 Å². The van der Waals surface area contributed by atoms with Crippen molar-refractivity contribution in [3.8, 4) is 22.5 Å². The molecule has 11 nitrogen and oxygen atoms in total. The third-order valence-corrected chi connectivity index (χ3v) is 7.19. The van der Waals surface area contributed by atoms with E-state index in [0.717, 1.165) is 47.3 Å². The molecular formula is C30H36ClN7O4. The van der Waals surface area contributed by atoms with Crippen LogP contribution in [0.1, 0.15) is 50.2 Å². The van der Waals surface area contributed by atoms with Crippen molar-refractivity contribution in [3.63, 3.8) is 0 Å². The maximum absolute atomic E-state index is 13.0. The fourth-order valence-electron chi connectivity index (χ4n) is 4.62. The molecule has 0 unspecified atom stereocenters. The number of ether oxygens (including phenoxy) is 2. The van der Waals surface area contributed by atoms with Crippen LogP contribution in [0.4, 0.5) is 0 Å². The summed E-state index contributed by atoms with van der Waals surface area (Å²) >= 11 is 6.59. The molecule has 0 spiro atoms. The first-order valence-electron chi connectivity index (χ1n) is 14.0. The number of benzene rings is 2. The minimum Gasteiger partial charge on any atom is -0.466 e. The number of unbranched alkanes of at least 4 members (excludes halogenated alkanes) is 1. The lowest BCUT2D eigenvalue weighted by atomic mass is 9.98. The maximum atomic E-state index is 13.0. The summed E-state index contributed by atoms with van der Waals surface area (Å²) in [6.45, 7) is 4.52. The molecule has 0 saturated carbocycles. The average molecular weight is 594 g/mol. The third kappa shape index (κ3) is 7.59. The Morgan fingerprint density at radius 2 is 1.79 bits per heavy atom.